The standard InChI is InChI=1S/C22H24O6S/c1-21(2,3)29(24,25)20-18-17(23)11-10-15-8-6-7-9-16(15)12-13-22(27-5,14-28-20)19(18)26-4/h6-9,17,19,23H,14H2,1-5H3/t17-,19+,22-/m0/s1. The molecule has 3 rings (SSSR count). The molecule has 0 aromatic heterocycles. The first-order chi connectivity index (χ1) is 13.6. The summed E-state index contributed by atoms with van der Waals surface area (Å²) < 4.78 is 42.2. The zero-order chi connectivity index (χ0) is 21.4. The molecule has 7 heteroatoms. The van der Waals surface area contributed by atoms with Gasteiger partial charge in [0, 0.05) is 25.3 Å². The van der Waals surface area contributed by atoms with Crippen molar-refractivity contribution in [2.24, 2.45) is 0 Å². The van der Waals surface area contributed by atoms with E-state index in [2.05, 4.69) is 23.7 Å². The zero-order valence-corrected chi connectivity index (χ0v) is 17.9. The van der Waals surface area contributed by atoms with Crippen molar-refractivity contribution in [3.63, 3.8) is 0 Å². The van der Waals surface area contributed by atoms with Gasteiger partial charge in [-0.1, -0.05) is 35.8 Å². The number of fused-ring (bicyclic) bond motifs is 3. The van der Waals surface area contributed by atoms with Gasteiger partial charge < -0.3 is 19.3 Å². The molecule has 0 spiro atoms. The first-order valence-corrected chi connectivity index (χ1v) is 10.6. The Morgan fingerprint density at radius 2 is 1.79 bits per heavy atom. The Labute approximate surface area is 171 Å². The minimum atomic E-state index is -3.92. The maximum absolute atomic E-state index is 13.2. The summed E-state index contributed by atoms with van der Waals surface area (Å²) in [5, 5.41) is 10.6. The lowest BCUT2D eigenvalue weighted by Crippen LogP contribution is -2.55. The largest absolute Gasteiger partial charge is 0.479 e. The fourth-order valence-corrected chi connectivity index (χ4v) is 4.49. The molecule has 2 bridgehead atoms. The summed E-state index contributed by atoms with van der Waals surface area (Å²) in [4.78, 5) is 0. The molecule has 1 heterocycles. The van der Waals surface area contributed by atoms with E-state index >= 15 is 0 Å². The van der Waals surface area contributed by atoms with Gasteiger partial charge in [0.15, 0.2) is 5.60 Å². The highest BCUT2D eigenvalue weighted by molar-refractivity contribution is 7.96. The zero-order valence-electron chi connectivity index (χ0n) is 17.1. The maximum atomic E-state index is 13.2. The first-order valence-electron chi connectivity index (χ1n) is 9.08. The van der Waals surface area contributed by atoms with E-state index in [1.807, 2.05) is 18.2 Å². The second kappa shape index (κ2) is 7.51. The molecule has 1 aliphatic carbocycles. The summed E-state index contributed by atoms with van der Waals surface area (Å²) in [6.45, 7) is 4.51. The number of hydrogen-bond acceptors (Lipinski definition) is 6. The molecule has 1 aromatic carbocycles. The first kappa shape index (κ1) is 21.4. The molecule has 1 aliphatic heterocycles. The molecule has 0 fully saturated rings. The summed E-state index contributed by atoms with van der Waals surface area (Å²) in [5.41, 5.74) is -0.0228. The van der Waals surface area contributed by atoms with Crippen molar-refractivity contribution in [2.45, 2.75) is 43.3 Å². The van der Waals surface area contributed by atoms with Crippen molar-refractivity contribution in [2.75, 3.05) is 20.8 Å². The molecule has 2 aliphatic rings. The molecule has 3 atom stereocenters. The van der Waals surface area contributed by atoms with Gasteiger partial charge in [-0.2, -0.15) is 0 Å². The predicted octanol–water partition coefficient (Wildman–Crippen LogP) is 1.62. The average molecular weight is 416 g/mol. The second-order valence-electron chi connectivity index (χ2n) is 7.82. The summed E-state index contributed by atoms with van der Waals surface area (Å²) in [6.07, 6.45) is -2.44. The molecule has 0 saturated carbocycles. The highest BCUT2D eigenvalue weighted by Crippen LogP contribution is 2.39. The van der Waals surface area contributed by atoms with Crippen molar-refractivity contribution in [1.82, 2.24) is 0 Å². The summed E-state index contributed by atoms with van der Waals surface area (Å²) in [7, 11) is -1.07. The van der Waals surface area contributed by atoms with Gasteiger partial charge in [0.25, 0.3) is 0 Å². The van der Waals surface area contributed by atoms with Crippen molar-refractivity contribution < 1.29 is 27.7 Å². The van der Waals surface area contributed by atoms with Crippen LogP contribution in [-0.4, -0.2) is 56.9 Å². The van der Waals surface area contributed by atoms with E-state index in [0.717, 1.165) is 0 Å². The summed E-state index contributed by atoms with van der Waals surface area (Å²) >= 11 is 0. The molecule has 1 aromatic rings. The van der Waals surface area contributed by atoms with Crippen LogP contribution in [0, 0.1) is 23.7 Å². The molecule has 1 N–H and O–H groups in total. The minimum Gasteiger partial charge on any atom is -0.479 e. The third kappa shape index (κ3) is 3.56. The number of methoxy groups -OCH3 is 2. The van der Waals surface area contributed by atoms with Crippen molar-refractivity contribution in [1.29, 1.82) is 0 Å². The van der Waals surface area contributed by atoms with Crippen molar-refractivity contribution in [3.8, 4) is 23.7 Å². The molecular formula is C22H24O6S. The molecule has 0 unspecified atom stereocenters. The molecule has 0 saturated heterocycles. The lowest BCUT2D eigenvalue weighted by atomic mass is 9.86. The number of benzene rings is 1. The highest BCUT2D eigenvalue weighted by atomic mass is 32.2. The van der Waals surface area contributed by atoms with Crippen LogP contribution in [0.5, 0.6) is 0 Å². The third-order valence-electron chi connectivity index (χ3n) is 4.98. The fraction of sp³-hybridized carbons (Fsp3) is 0.455. The third-order valence-corrected chi connectivity index (χ3v) is 7.44. The van der Waals surface area contributed by atoms with Gasteiger partial charge in [-0.25, -0.2) is 8.42 Å². The number of rotatable bonds is 3. The SMILES string of the molecule is CO[C@@H]1C2=C(S(=O)(=O)C(C)(C)C)OC[C@@]1(OC)C#Cc1ccccc1C#C[C@@H]2O. The van der Waals surface area contributed by atoms with Crippen LogP contribution in [-0.2, 0) is 24.0 Å². The summed E-state index contributed by atoms with van der Waals surface area (Å²) in [6, 6.07) is 7.25. The van der Waals surface area contributed by atoms with Gasteiger partial charge in [-0.05, 0) is 32.9 Å². The van der Waals surface area contributed by atoms with E-state index in [9.17, 15) is 13.5 Å². The Hall–Kier alpha value is -2.29. The molecule has 6 nitrogen and oxygen atoms in total. The Bertz CT molecular complexity index is 1070. The number of hydrogen-bond donors (Lipinski definition) is 1. The molecule has 0 radical (unpaired) electrons. The lowest BCUT2D eigenvalue weighted by molar-refractivity contribution is -0.112. The smallest absolute Gasteiger partial charge is 0.218 e. The number of sulfone groups is 1. The van der Waals surface area contributed by atoms with Crippen LogP contribution in [0.3, 0.4) is 0 Å². The van der Waals surface area contributed by atoms with E-state index in [4.69, 9.17) is 14.2 Å². The van der Waals surface area contributed by atoms with Gasteiger partial charge in [0.2, 0.25) is 14.9 Å². The number of aliphatic hydroxyl groups excluding tert-OH is 1. The van der Waals surface area contributed by atoms with Crippen LogP contribution in [0.25, 0.3) is 0 Å². The average Bonchev–Trinajstić information content (AvgIpc) is 2.68. The number of aliphatic hydroxyl groups is 1. The Morgan fingerprint density at radius 3 is 2.34 bits per heavy atom. The Balaban J connectivity index is 2.36. The van der Waals surface area contributed by atoms with Gasteiger partial charge in [0.05, 0.1) is 10.3 Å². The molecule has 154 valence electrons. The van der Waals surface area contributed by atoms with Gasteiger partial charge in [-0.3, -0.25) is 0 Å². The van der Waals surface area contributed by atoms with Crippen LogP contribution in [0.2, 0.25) is 0 Å². The maximum Gasteiger partial charge on any atom is 0.218 e. The van der Waals surface area contributed by atoms with Crippen LogP contribution < -0.4 is 0 Å². The van der Waals surface area contributed by atoms with Gasteiger partial charge in [-0.15, -0.1) is 0 Å². The van der Waals surface area contributed by atoms with Crippen LogP contribution >= 0.6 is 0 Å². The highest BCUT2D eigenvalue weighted by Gasteiger charge is 2.52. The minimum absolute atomic E-state index is 0.00305. The Morgan fingerprint density at radius 1 is 1.17 bits per heavy atom. The molecule has 0 amide bonds. The van der Waals surface area contributed by atoms with Gasteiger partial charge in [0.1, 0.15) is 18.8 Å². The second-order valence-corrected chi connectivity index (χ2v) is 10.4. The van der Waals surface area contributed by atoms with Crippen LogP contribution in [0.15, 0.2) is 34.9 Å². The van der Waals surface area contributed by atoms with E-state index in [-0.39, 0.29) is 17.3 Å². The van der Waals surface area contributed by atoms with Crippen molar-refractivity contribution in [3.05, 3.63) is 46.1 Å². The van der Waals surface area contributed by atoms with E-state index in [1.165, 1.54) is 14.2 Å². The van der Waals surface area contributed by atoms with E-state index < -0.39 is 32.4 Å². The topological polar surface area (TPSA) is 82.1 Å². The van der Waals surface area contributed by atoms with E-state index in [0.29, 0.717) is 11.1 Å². The lowest BCUT2D eigenvalue weighted by Gasteiger charge is -2.41. The monoisotopic (exact) mass is 416 g/mol. The van der Waals surface area contributed by atoms with Crippen molar-refractivity contribution >= 4 is 9.84 Å². The summed E-state index contributed by atoms with van der Waals surface area (Å²) in [5.74, 6) is 11.7. The van der Waals surface area contributed by atoms with Crippen LogP contribution in [0.1, 0.15) is 31.9 Å². The predicted molar refractivity (Wildman–Crippen MR) is 108 cm³/mol. The molecule has 29 heavy (non-hydrogen) atoms. The Kier molecular flexibility index (Phi) is 5.55. The quantitative estimate of drug-likeness (QED) is 0.754. The number of ether oxygens (including phenoxy) is 3. The van der Waals surface area contributed by atoms with Crippen LogP contribution in [0.4, 0.5) is 0 Å². The van der Waals surface area contributed by atoms with Gasteiger partial charge >= 0.3 is 0 Å². The fourth-order valence-electron chi connectivity index (χ4n) is 3.19. The molecular weight excluding hydrogens is 392 g/mol. The normalized spacial score (nSPS) is 26.3. The van der Waals surface area contributed by atoms with E-state index in [1.54, 1.807) is 26.8 Å².